The van der Waals surface area contributed by atoms with Gasteiger partial charge < -0.3 is 14.3 Å². The molecule has 0 aliphatic rings. The zero-order chi connectivity index (χ0) is 13.1. The highest BCUT2D eigenvalue weighted by molar-refractivity contribution is 9.10. The van der Waals surface area contributed by atoms with Gasteiger partial charge in [0.05, 0.1) is 11.6 Å². The molecular weight excluding hydrogens is 324 g/mol. The van der Waals surface area contributed by atoms with Crippen LogP contribution >= 0.6 is 27.7 Å². The van der Waals surface area contributed by atoms with Crippen molar-refractivity contribution in [2.24, 2.45) is 0 Å². The van der Waals surface area contributed by atoms with Crippen LogP contribution in [0.2, 0.25) is 0 Å². The summed E-state index contributed by atoms with van der Waals surface area (Å²) in [4.78, 5) is 18.8. The van der Waals surface area contributed by atoms with Gasteiger partial charge in [-0.2, -0.15) is 4.98 Å². The van der Waals surface area contributed by atoms with Gasteiger partial charge in [0, 0.05) is 6.20 Å². The number of furan rings is 1. The maximum atomic E-state index is 10.7. The molecule has 0 bridgehead atoms. The molecule has 0 aliphatic heterocycles. The number of nitrogens with zero attached hydrogens (tertiary/aromatic N) is 2. The lowest BCUT2D eigenvalue weighted by Gasteiger charge is -2.02. The smallest absolute Gasteiger partial charge is 0.371 e. The molecule has 0 saturated heterocycles. The van der Waals surface area contributed by atoms with Gasteiger partial charge in [0.15, 0.2) is 10.2 Å². The summed E-state index contributed by atoms with van der Waals surface area (Å²) in [6.07, 6.45) is 1.55. The summed E-state index contributed by atoms with van der Waals surface area (Å²) in [5, 5.41) is 9.53. The maximum Gasteiger partial charge on any atom is 0.371 e. The fourth-order valence-electron chi connectivity index (χ4n) is 1.11. The molecule has 18 heavy (non-hydrogen) atoms. The molecular formula is C10H7BrN2O4S. The van der Waals surface area contributed by atoms with Crippen LogP contribution in [0.1, 0.15) is 10.6 Å². The highest BCUT2D eigenvalue weighted by atomic mass is 79.9. The normalized spacial score (nSPS) is 10.3. The molecule has 0 amide bonds. The summed E-state index contributed by atoms with van der Waals surface area (Å²) in [5.41, 5.74) is 0. The molecule has 8 heteroatoms. The average Bonchev–Trinajstić information content (AvgIpc) is 2.80. The lowest BCUT2D eigenvalue weighted by atomic mass is 10.5. The van der Waals surface area contributed by atoms with E-state index >= 15 is 0 Å². The number of aromatic nitrogens is 2. The number of carboxylic acid groups (broad SMARTS) is 1. The molecule has 2 aromatic heterocycles. The monoisotopic (exact) mass is 330 g/mol. The van der Waals surface area contributed by atoms with Crippen LogP contribution in [0.4, 0.5) is 0 Å². The fraction of sp³-hybridized carbons (Fsp3) is 0.100. The van der Waals surface area contributed by atoms with E-state index in [1.807, 2.05) is 0 Å². The quantitative estimate of drug-likeness (QED) is 0.862. The molecule has 0 fully saturated rings. The van der Waals surface area contributed by atoms with Crippen molar-refractivity contribution >= 4 is 33.7 Å². The predicted molar refractivity (Wildman–Crippen MR) is 66.1 cm³/mol. The molecule has 0 unspecified atom stereocenters. The van der Waals surface area contributed by atoms with Crippen LogP contribution in [-0.2, 0) is 0 Å². The van der Waals surface area contributed by atoms with Crippen LogP contribution in [0, 0.1) is 0 Å². The number of ether oxygens (including phenoxy) is 1. The Morgan fingerprint density at radius 3 is 2.94 bits per heavy atom. The summed E-state index contributed by atoms with van der Waals surface area (Å²) in [6, 6.07) is 2.92. The van der Waals surface area contributed by atoms with Crippen LogP contribution in [0.15, 0.2) is 37.5 Å². The minimum atomic E-state index is -1.11. The Bertz CT molecular complexity index is 587. The Morgan fingerprint density at radius 1 is 1.56 bits per heavy atom. The van der Waals surface area contributed by atoms with Gasteiger partial charge >= 0.3 is 5.97 Å². The maximum absolute atomic E-state index is 10.7. The Morgan fingerprint density at radius 2 is 2.33 bits per heavy atom. The highest BCUT2D eigenvalue weighted by Gasteiger charge is 2.12. The number of carbonyl (C=O) groups is 1. The van der Waals surface area contributed by atoms with Gasteiger partial charge in [-0.05, 0) is 39.8 Å². The van der Waals surface area contributed by atoms with Crippen LogP contribution in [0.5, 0.6) is 5.88 Å². The Balaban J connectivity index is 2.20. The molecule has 0 aromatic carbocycles. The number of hydrogen-bond acceptors (Lipinski definition) is 6. The zero-order valence-electron chi connectivity index (χ0n) is 9.08. The molecule has 0 saturated carbocycles. The number of hydrogen-bond donors (Lipinski definition) is 1. The van der Waals surface area contributed by atoms with Crippen molar-refractivity contribution in [3.63, 3.8) is 0 Å². The van der Waals surface area contributed by atoms with E-state index in [0.717, 1.165) is 11.8 Å². The molecule has 1 N–H and O–H groups in total. The molecule has 2 rings (SSSR count). The van der Waals surface area contributed by atoms with Crippen molar-refractivity contribution in [3.05, 3.63) is 28.6 Å². The van der Waals surface area contributed by atoms with E-state index in [9.17, 15) is 4.79 Å². The Labute approximate surface area is 115 Å². The molecule has 6 nitrogen and oxygen atoms in total. The zero-order valence-corrected chi connectivity index (χ0v) is 11.5. The van der Waals surface area contributed by atoms with Crippen molar-refractivity contribution in [1.29, 1.82) is 0 Å². The van der Waals surface area contributed by atoms with Crippen molar-refractivity contribution in [2.45, 2.75) is 10.2 Å². The first-order valence-corrected chi connectivity index (χ1v) is 6.28. The van der Waals surface area contributed by atoms with Gasteiger partial charge in [0.1, 0.15) is 0 Å². The first-order valence-electron chi connectivity index (χ1n) is 4.67. The van der Waals surface area contributed by atoms with Gasteiger partial charge in [-0.3, -0.25) is 0 Å². The molecule has 0 atom stereocenters. The molecule has 2 aromatic rings. The van der Waals surface area contributed by atoms with Crippen LogP contribution < -0.4 is 4.74 Å². The van der Waals surface area contributed by atoms with E-state index in [1.54, 1.807) is 12.3 Å². The third-order valence-electron chi connectivity index (χ3n) is 1.87. The van der Waals surface area contributed by atoms with E-state index in [0.29, 0.717) is 20.6 Å². The van der Waals surface area contributed by atoms with Crippen molar-refractivity contribution in [1.82, 2.24) is 9.97 Å². The number of aromatic carboxylic acids is 1. The summed E-state index contributed by atoms with van der Waals surface area (Å²) >= 11 is 4.35. The SMILES string of the molecule is COc1nc(Sc2ccc(C(=O)O)o2)ncc1Br. The Hall–Kier alpha value is -1.54. The summed E-state index contributed by atoms with van der Waals surface area (Å²) in [5.74, 6) is -0.838. The predicted octanol–water partition coefficient (Wildman–Crippen LogP) is 2.69. The summed E-state index contributed by atoms with van der Waals surface area (Å²) in [7, 11) is 1.50. The van der Waals surface area contributed by atoms with Gasteiger partial charge in [-0.15, -0.1) is 0 Å². The lowest BCUT2D eigenvalue weighted by Crippen LogP contribution is -1.93. The fourth-order valence-corrected chi connectivity index (χ4v) is 2.14. The number of halogens is 1. The first-order chi connectivity index (χ1) is 8.60. The van der Waals surface area contributed by atoms with Crippen LogP contribution in [0.25, 0.3) is 0 Å². The summed E-state index contributed by atoms with van der Waals surface area (Å²) < 4.78 is 10.8. The van der Waals surface area contributed by atoms with Gasteiger partial charge in [0.25, 0.3) is 0 Å². The highest BCUT2D eigenvalue weighted by Crippen LogP contribution is 2.29. The van der Waals surface area contributed by atoms with E-state index in [4.69, 9.17) is 14.3 Å². The lowest BCUT2D eigenvalue weighted by molar-refractivity contribution is 0.0656. The average molecular weight is 331 g/mol. The first kappa shape index (κ1) is 12.9. The third-order valence-corrected chi connectivity index (χ3v) is 3.21. The van der Waals surface area contributed by atoms with Crippen LogP contribution in [-0.4, -0.2) is 28.2 Å². The number of carboxylic acids is 1. The van der Waals surface area contributed by atoms with Crippen molar-refractivity contribution in [2.75, 3.05) is 7.11 Å². The van der Waals surface area contributed by atoms with E-state index < -0.39 is 5.97 Å². The van der Waals surface area contributed by atoms with Gasteiger partial charge in [0.2, 0.25) is 11.6 Å². The molecule has 0 radical (unpaired) electrons. The second-order valence-corrected chi connectivity index (χ2v) is 4.86. The molecule has 0 spiro atoms. The van der Waals surface area contributed by atoms with E-state index in [2.05, 4.69) is 25.9 Å². The van der Waals surface area contributed by atoms with Crippen molar-refractivity contribution < 1.29 is 19.1 Å². The number of methoxy groups -OCH3 is 1. The topological polar surface area (TPSA) is 85.5 Å². The van der Waals surface area contributed by atoms with E-state index in [1.165, 1.54) is 13.2 Å². The van der Waals surface area contributed by atoms with E-state index in [-0.39, 0.29) is 5.76 Å². The second kappa shape index (κ2) is 5.40. The summed E-state index contributed by atoms with van der Waals surface area (Å²) in [6.45, 7) is 0. The largest absolute Gasteiger partial charge is 0.480 e. The minimum Gasteiger partial charge on any atom is -0.480 e. The molecule has 2 heterocycles. The van der Waals surface area contributed by atoms with Gasteiger partial charge in [-0.1, -0.05) is 0 Å². The second-order valence-electron chi connectivity index (χ2n) is 3.04. The van der Waals surface area contributed by atoms with Crippen LogP contribution in [0.3, 0.4) is 0 Å². The van der Waals surface area contributed by atoms with Gasteiger partial charge in [-0.25, -0.2) is 9.78 Å². The van der Waals surface area contributed by atoms with Crippen molar-refractivity contribution in [3.8, 4) is 5.88 Å². The molecule has 0 aliphatic carbocycles. The third kappa shape index (κ3) is 2.82. The minimum absolute atomic E-state index is 0.124. The Kier molecular flexibility index (Phi) is 3.87. The standard InChI is InChI=1S/C10H7BrN2O4S/c1-16-8-5(11)4-12-10(13-8)18-7-3-2-6(17-7)9(14)15/h2-4H,1H3,(H,14,15). The number of rotatable bonds is 4. The molecule has 94 valence electrons.